The fourth-order valence-electron chi connectivity index (χ4n) is 2.73. The highest BCUT2D eigenvalue weighted by Crippen LogP contribution is 2.29. The number of amides is 1. The smallest absolute Gasteiger partial charge is 0.375 e. The number of hydrogen-bond acceptors (Lipinski definition) is 5. The summed E-state index contributed by atoms with van der Waals surface area (Å²) in [7, 11) is 0. The molecule has 0 atom stereocenters. The molecular formula is C21H20FNO5. The molecule has 0 aliphatic rings. The molecule has 0 radical (unpaired) electrons. The Bertz CT molecular complexity index is 1010. The van der Waals surface area contributed by atoms with Crippen LogP contribution in [-0.2, 0) is 16.1 Å². The van der Waals surface area contributed by atoms with Crippen molar-refractivity contribution >= 4 is 22.8 Å². The van der Waals surface area contributed by atoms with Crippen molar-refractivity contribution in [1.29, 1.82) is 0 Å². The Morgan fingerprint density at radius 3 is 2.71 bits per heavy atom. The van der Waals surface area contributed by atoms with E-state index in [1.807, 2.05) is 6.92 Å². The molecule has 0 aliphatic carbocycles. The standard InChI is InChI=1S/C21H20FNO5/c1-3-26-15-8-9-18-16(10-15)13(2)20(28-18)21(25)27-12-19(24)23-11-14-6-4-5-7-17(14)22/h4-10H,3,11-12H2,1-2H3,(H,23,24). The molecule has 6 nitrogen and oxygen atoms in total. The molecule has 3 rings (SSSR count). The quantitative estimate of drug-likeness (QED) is 0.627. The van der Waals surface area contributed by atoms with Gasteiger partial charge in [-0.25, -0.2) is 9.18 Å². The maximum absolute atomic E-state index is 13.5. The zero-order valence-corrected chi connectivity index (χ0v) is 15.6. The van der Waals surface area contributed by atoms with Crippen LogP contribution in [0, 0.1) is 12.7 Å². The zero-order valence-electron chi connectivity index (χ0n) is 15.6. The Morgan fingerprint density at radius 2 is 1.96 bits per heavy atom. The molecule has 0 unspecified atom stereocenters. The van der Waals surface area contributed by atoms with E-state index >= 15 is 0 Å². The third kappa shape index (κ3) is 4.31. The van der Waals surface area contributed by atoms with Crippen molar-refractivity contribution in [1.82, 2.24) is 5.32 Å². The van der Waals surface area contributed by atoms with Crippen LogP contribution in [-0.4, -0.2) is 25.1 Å². The lowest BCUT2D eigenvalue weighted by molar-refractivity contribution is -0.124. The number of fused-ring (bicyclic) bond motifs is 1. The van der Waals surface area contributed by atoms with Crippen LogP contribution in [0.1, 0.15) is 28.6 Å². The second-order valence-electron chi connectivity index (χ2n) is 6.09. The lowest BCUT2D eigenvalue weighted by Crippen LogP contribution is -2.28. The maximum Gasteiger partial charge on any atom is 0.375 e. The molecule has 1 heterocycles. The van der Waals surface area contributed by atoms with Crippen LogP contribution in [0.5, 0.6) is 5.75 Å². The minimum atomic E-state index is -0.743. The number of furan rings is 1. The van der Waals surface area contributed by atoms with Gasteiger partial charge in [0.25, 0.3) is 5.91 Å². The van der Waals surface area contributed by atoms with E-state index in [0.717, 1.165) is 5.39 Å². The van der Waals surface area contributed by atoms with E-state index in [1.54, 1.807) is 43.3 Å². The number of rotatable bonds is 7. The molecular weight excluding hydrogens is 365 g/mol. The second-order valence-corrected chi connectivity index (χ2v) is 6.09. The van der Waals surface area contributed by atoms with Crippen molar-refractivity contribution in [3.05, 3.63) is 65.2 Å². The van der Waals surface area contributed by atoms with Crippen LogP contribution in [0.4, 0.5) is 4.39 Å². The summed E-state index contributed by atoms with van der Waals surface area (Å²) in [6, 6.07) is 11.4. The molecule has 1 N–H and O–H groups in total. The minimum absolute atomic E-state index is 0.00687. The maximum atomic E-state index is 13.5. The molecule has 0 saturated heterocycles. The predicted octanol–water partition coefficient (Wildman–Crippen LogP) is 3.75. The largest absolute Gasteiger partial charge is 0.494 e. The first-order chi connectivity index (χ1) is 13.5. The van der Waals surface area contributed by atoms with Crippen molar-refractivity contribution < 1.29 is 27.9 Å². The summed E-state index contributed by atoms with van der Waals surface area (Å²) < 4.78 is 29.6. The van der Waals surface area contributed by atoms with Crippen molar-refractivity contribution in [2.75, 3.05) is 13.2 Å². The van der Waals surface area contributed by atoms with Gasteiger partial charge in [0.15, 0.2) is 6.61 Å². The third-order valence-electron chi connectivity index (χ3n) is 4.17. The fourth-order valence-corrected chi connectivity index (χ4v) is 2.73. The van der Waals surface area contributed by atoms with E-state index < -0.39 is 24.3 Å². The van der Waals surface area contributed by atoms with Gasteiger partial charge in [0, 0.05) is 23.1 Å². The number of nitrogens with one attached hydrogen (secondary N) is 1. The lowest BCUT2D eigenvalue weighted by Gasteiger charge is -2.07. The van der Waals surface area contributed by atoms with Gasteiger partial charge in [-0.2, -0.15) is 0 Å². The first-order valence-corrected chi connectivity index (χ1v) is 8.82. The molecule has 7 heteroatoms. The molecule has 28 heavy (non-hydrogen) atoms. The predicted molar refractivity (Wildman–Crippen MR) is 101 cm³/mol. The lowest BCUT2D eigenvalue weighted by atomic mass is 10.1. The monoisotopic (exact) mass is 385 g/mol. The fraction of sp³-hybridized carbons (Fsp3) is 0.238. The molecule has 3 aromatic rings. The van der Waals surface area contributed by atoms with Crippen molar-refractivity contribution in [2.24, 2.45) is 0 Å². The first-order valence-electron chi connectivity index (χ1n) is 8.82. The van der Waals surface area contributed by atoms with E-state index in [4.69, 9.17) is 13.9 Å². The first kappa shape index (κ1) is 19.4. The number of benzene rings is 2. The Balaban J connectivity index is 1.60. The highest BCUT2D eigenvalue weighted by molar-refractivity contribution is 5.97. The molecule has 1 aromatic heterocycles. The van der Waals surface area contributed by atoms with E-state index in [-0.39, 0.29) is 12.3 Å². The van der Waals surface area contributed by atoms with Crippen molar-refractivity contribution in [3.63, 3.8) is 0 Å². The number of ether oxygens (including phenoxy) is 2. The summed E-state index contributed by atoms with van der Waals surface area (Å²) in [5.41, 5.74) is 1.48. The summed E-state index contributed by atoms with van der Waals surface area (Å²) in [6.07, 6.45) is 0. The summed E-state index contributed by atoms with van der Waals surface area (Å²) in [4.78, 5) is 24.2. The van der Waals surface area contributed by atoms with Crippen LogP contribution < -0.4 is 10.1 Å². The van der Waals surface area contributed by atoms with Crippen molar-refractivity contribution in [3.8, 4) is 5.75 Å². The van der Waals surface area contributed by atoms with Gasteiger partial charge in [0.1, 0.15) is 17.1 Å². The highest BCUT2D eigenvalue weighted by atomic mass is 19.1. The van der Waals surface area contributed by atoms with E-state index in [2.05, 4.69) is 5.32 Å². The molecule has 0 spiro atoms. The van der Waals surface area contributed by atoms with Gasteiger partial charge < -0.3 is 19.2 Å². The molecule has 0 bridgehead atoms. The average Bonchev–Trinajstić information content (AvgIpc) is 3.02. The number of carbonyl (C=O) groups excluding carboxylic acids is 2. The van der Waals surface area contributed by atoms with Gasteiger partial charge >= 0.3 is 5.97 Å². The molecule has 2 aromatic carbocycles. The van der Waals surface area contributed by atoms with Crippen molar-refractivity contribution in [2.45, 2.75) is 20.4 Å². The van der Waals surface area contributed by atoms with Gasteiger partial charge in [-0.3, -0.25) is 4.79 Å². The second kappa shape index (κ2) is 8.56. The number of carbonyl (C=O) groups is 2. The van der Waals surface area contributed by atoms with Gasteiger partial charge in [0.05, 0.1) is 6.61 Å². The van der Waals surface area contributed by atoms with Crippen LogP contribution in [0.15, 0.2) is 46.9 Å². The van der Waals surface area contributed by atoms with Crippen LogP contribution >= 0.6 is 0 Å². The van der Waals surface area contributed by atoms with Crippen LogP contribution in [0.3, 0.4) is 0 Å². The Hall–Kier alpha value is -3.35. The van der Waals surface area contributed by atoms with Crippen LogP contribution in [0.25, 0.3) is 11.0 Å². The molecule has 1 amide bonds. The van der Waals surface area contributed by atoms with E-state index in [0.29, 0.717) is 29.1 Å². The number of halogens is 1. The number of esters is 1. The topological polar surface area (TPSA) is 77.8 Å². The van der Waals surface area contributed by atoms with Gasteiger partial charge in [-0.1, -0.05) is 18.2 Å². The number of aryl methyl sites for hydroxylation is 1. The summed E-state index contributed by atoms with van der Waals surface area (Å²) in [5, 5.41) is 3.24. The summed E-state index contributed by atoms with van der Waals surface area (Å²) in [6.45, 7) is 3.66. The summed E-state index contributed by atoms with van der Waals surface area (Å²) >= 11 is 0. The molecule has 146 valence electrons. The van der Waals surface area contributed by atoms with Crippen LogP contribution in [0.2, 0.25) is 0 Å². The molecule has 0 aliphatic heterocycles. The van der Waals surface area contributed by atoms with Gasteiger partial charge in [0.2, 0.25) is 5.76 Å². The third-order valence-corrected chi connectivity index (χ3v) is 4.17. The Kier molecular flexibility index (Phi) is 5.93. The molecule has 0 fully saturated rings. The number of hydrogen-bond donors (Lipinski definition) is 1. The van der Waals surface area contributed by atoms with Gasteiger partial charge in [-0.05, 0) is 38.1 Å². The zero-order chi connectivity index (χ0) is 20.1. The van der Waals surface area contributed by atoms with E-state index in [9.17, 15) is 14.0 Å². The highest BCUT2D eigenvalue weighted by Gasteiger charge is 2.20. The SMILES string of the molecule is CCOc1ccc2oc(C(=O)OCC(=O)NCc3ccccc3F)c(C)c2c1. The minimum Gasteiger partial charge on any atom is -0.494 e. The Labute approximate surface area is 161 Å². The average molecular weight is 385 g/mol. The van der Waals surface area contributed by atoms with Gasteiger partial charge in [-0.15, -0.1) is 0 Å². The normalized spacial score (nSPS) is 10.7. The molecule has 0 saturated carbocycles. The summed E-state index contributed by atoms with van der Waals surface area (Å²) in [5.74, 6) is -0.988. The van der Waals surface area contributed by atoms with E-state index in [1.165, 1.54) is 6.07 Å². The Morgan fingerprint density at radius 1 is 1.18 bits per heavy atom.